The van der Waals surface area contributed by atoms with Gasteiger partial charge in [0.25, 0.3) is 0 Å². The van der Waals surface area contributed by atoms with Crippen molar-refractivity contribution in [3.8, 4) is 0 Å². The van der Waals surface area contributed by atoms with Crippen molar-refractivity contribution >= 4 is 23.1 Å². The number of carbonyl (C=O) groups is 1. The Hall–Kier alpha value is -0.680. The number of hydrogen-bond donors (Lipinski definition) is 2. The maximum Gasteiger partial charge on any atom is 0.232 e. The first-order valence-electron chi connectivity index (χ1n) is 6.20. The van der Waals surface area contributed by atoms with E-state index in [2.05, 4.69) is 5.32 Å². The van der Waals surface area contributed by atoms with E-state index >= 15 is 0 Å². The molecule has 1 heterocycles. The van der Waals surface area contributed by atoms with Crippen LogP contribution in [0.15, 0.2) is 0 Å². The monoisotopic (exact) mass is 258 g/mol. The van der Waals surface area contributed by atoms with Crippen LogP contribution in [0.1, 0.15) is 39.5 Å². The average molecular weight is 258 g/mol. The molecule has 0 saturated carbocycles. The lowest BCUT2D eigenvalue weighted by Gasteiger charge is -2.25. The summed E-state index contributed by atoms with van der Waals surface area (Å²) in [6.45, 7) is 5.18. The second-order valence-corrected chi connectivity index (χ2v) is 5.17. The molecule has 3 N–H and O–H groups in total. The van der Waals surface area contributed by atoms with E-state index in [1.165, 1.54) is 0 Å². The van der Waals surface area contributed by atoms with E-state index in [-0.39, 0.29) is 10.9 Å². The highest BCUT2D eigenvalue weighted by Crippen LogP contribution is 2.22. The van der Waals surface area contributed by atoms with Crippen molar-refractivity contribution in [1.29, 1.82) is 0 Å². The van der Waals surface area contributed by atoms with Gasteiger partial charge in [-0.25, -0.2) is 0 Å². The molecule has 17 heavy (non-hydrogen) atoms. The summed E-state index contributed by atoms with van der Waals surface area (Å²) in [5.41, 5.74) is 4.89. The van der Waals surface area contributed by atoms with Crippen LogP contribution in [0.4, 0.5) is 0 Å². The fourth-order valence-corrected chi connectivity index (χ4v) is 2.10. The maximum atomic E-state index is 12.0. The Bertz CT molecular complexity index is 290. The van der Waals surface area contributed by atoms with Gasteiger partial charge in [-0.05, 0) is 32.6 Å². The lowest BCUT2D eigenvalue weighted by atomic mass is 9.86. The lowest BCUT2D eigenvalue weighted by Crippen LogP contribution is -2.47. The molecule has 1 aliphatic rings. The molecule has 0 spiro atoms. The molecule has 2 atom stereocenters. The molecule has 0 radical (unpaired) electrons. The van der Waals surface area contributed by atoms with Gasteiger partial charge in [0.05, 0.1) is 16.5 Å². The maximum absolute atomic E-state index is 12.0. The Morgan fingerprint density at radius 3 is 2.82 bits per heavy atom. The fourth-order valence-electron chi connectivity index (χ4n) is 1.86. The van der Waals surface area contributed by atoms with Crippen LogP contribution in [0, 0.1) is 5.41 Å². The Kier molecular flexibility index (Phi) is 5.33. The van der Waals surface area contributed by atoms with Gasteiger partial charge in [0.2, 0.25) is 5.91 Å². The molecule has 0 aromatic heterocycles. The van der Waals surface area contributed by atoms with Crippen LogP contribution < -0.4 is 11.1 Å². The Morgan fingerprint density at radius 1 is 1.65 bits per heavy atom. The largest absolute Gasteiger partial charge is 0.392 e. The van der Waals surface area contributed by atoms with Crippen molar-refractivity contribution in [2.45, 2.75) is 45.6 Å². The van der Waals surface area contributed by atoms with Crippen LogP contribution in [0.25, 0.3) is 0 Å². The molecule has 5 heteroatoms. The minimum absolute atomic E-state index is 0.0782. The fraction of sp³-hybridized carbons (Fsp3) is 0.833. The summed E-state index contributed by atoms with van der Waals surface area (Å²) in [7, 11) is 0. The van der Waals surface area contributed by atoms with Crippen LogP contribution >= 0.6 is 12.2 Å². The van der Waals surface area contributed by atoms with Crippen LogP contribution in [0.5, 0.6) is 0 Å². The summed E-state index contributed by atoms with van der Waals surface area (Å²) in [5, 5.41) is 2.90. The highest BCUT2D eigenvalue weighted by Gasteiger charge is 2.34. The standard InChI is InChI=1S/C12H22N2O2S/c1-3-12(2,10(13)17)11(15)14-7-6-9-5-4-8-16-9/h9H,3-8H2,1-2H3,(H2,13,17)(H,14,15). The third kappa shape index (κ3) is 3.64. The highest BCUT2D eigenvalue weighted by atomic mass is 32.1. The predicted molar refractivity (Wildman–Crippen MR) is 71.8 cm³/mol. The van der Waals surface area contributed by atoms with Crippen molar-refractivity contribution in [2.75, 3.05) is 13.2 Å². The molecule has 1 saturated heterocycles. The van der Waals surface area contributed by atoms with Crippen LogP contribution in [0.2, 0.25) is 0 Å². The summed E-state index contributed by atoms with van der Waals surface area (Å²) in [5.74, 6) is -0.0782. The van der Waals surface area contributed by atoms with E-state index < -0.39 is 5.41 Å². The molecule has 1 fully saturated rings. The number of hydrogen-bond acceptors (Lipinski definition) is 3. The van der Waals surface area contributed by atoms with Crippen molar-refractivity contribution < 1.29 is 9.53 Å². The number of thiocarbonyl (C=S) groups is 1. The summed E-state index contributed by atoms with van der Waals surface area (Å²) < 4.78 is 5.49. The number of carbonyl (C=O) groups excluding carboxylic acids is 1. The molecule has 0 aromatic carbocycles. The molecule has 0 aliphatic carbocycles. The summed E-state index contributed by atoms with van der Waals surface area (Å²) in [4.78, 5) is 12.3. The van der Waals surface area contributed by atoms with Gasteiger partial charge in [0, 0.05) is 13.2 Å². The molecule has 98 valence electrons. The Balaban J connectivity index is 2.34. The molecular weight excluding hydrogens is 236 g/mol. The van der Waals surface area contributed by atoms with Gasteiger partial charge in [-0.1, -0.05) is 19.1 Å². The molecule has 2 unspecified atom stereocenters. The van der Waals surface area contributed by atoms with E-state index in [0.717, 1.165) is 25.9 Å². The van der Waals surface area contributed by atoms with Gasteiger partial charge in [-0.15, -0.1) is 0 Å². The molecule has 1 aliphatic heterocycles. The zero-order valence-electron chi connectivity index (χ0n) is 10.6. The van der Waals surface area contributed by atoms with Gasteiger partial charge in [-0.3, -0.25) is 4.79 Å². The van der Waals surface area contributed by atoms with E-state index in [9.17, 15) is 4.79 Å². The molecule has 0 bridgehead atoms. The van der Waals surface area contributed by atoms with Gasteiger partial charge >= 0.3 is 0 Å². The Labute approximate surface area is 108 Å². The molecule has 1 rings (SSSR count). The van der Waals surface area contributed by atoms with Gasteiger partial charge in [-0.2, -0.15) is 0 Å². The normalized spacial score (nSPS) is 23.1. The third-order valence-electron chi connectivity index (χ3n) is 3.53. The minimum Gasteiger partial charge on any atom is -0.392 e. The van der Waals surface area contributed by atoms with Gasteiger partial charge < -0.3 is 15.8 Å². The summed E-state index contributed by atoms with van der Waals surface area (Å²) in [6, 6.07) is 0. The van der Waals surface area contributed by atoms with Crippen LogP contribution in [-0.4, -0.2) is 30.2 Å². The van der Waals surface area contributed by atoms with Crippen molar-refractivity contribution in [3.63, 3.8) is 0 Å². The van der Waals surface area contributed by atoms with Gasteiger partial charge in [0.15, 0.2) is 0 Å². The lowest BCUT2D eigenvalue weighted by molar-refractivity contribution is -0.127. The summed E-state index contributed by atoms with van der Waals surface area (Å²) in [6.07, 6.45) is 4.00. The first-order valence-corrected chi connectivity index (χ1v) is 6.61. The third-order valence-corrected chi connectivity index (χ3v) is 3.98. The van der Waals surface area contributed by atoms with E-state index in [0.29, 0.717) is 19.1 Å². The second-order valence-electron chi connectivity index (χ2n) is 4.73. The SMILES string of the molecule is CCC(C)(C(=O)NCCC1CCCO1)C(N)=S. The quantitative estimate of drug-likeness (QED) is 0.706. The van der Waals surface area contributed by atoms with E-state index in [1.807, 2.05) is 6.92 Å². The molecule has 0 aromatic rings. The smallest absolute Gasteiger partial charge is 0.232 e. The molecular formula is C12H22N2O2S. The highest BCUT2D eigenvalue weighted by molar-refractivity contribution is 7.80. The van der Waals surface area contributed by atoms with Crippen LogP contribution in [0.3, 0.4) is 0 Å². The number of ether oxygens (including phenoxy) is 1. The number of amides is 1. The second kappa shape index (κ2) is 6.31. The average Bonchev–Trinajstić information content (AvgIpc) is 2.80. The molecule has 4 nitrogen and oxygen atoms in total. The Morgan fingerprint density at radius 2 is 2.35 bits per heavy atom. The first kappa shape index (κ1) is 14.4. The molecule has 1 amide bonds. The topological polar surface area (TPSA) is 64.3 Å². The first-order chi connectivity index (χ1) is 8.00. The van der Waals surface area contributed by atoms with Gasteiger partial charge in [0.1, 0.15) is 0 Å². The van der Waals surface area contributed by atoms with Crippen molar-refractivity contribution in [2.24, 2.45) is 11.1 Å². The van der Waals surface area contributed by atoms with E-state index in [4.69, 9.17) is 22.7 Å². The number of nitrogens with two attached hydrogens (primary N) is 1. The van der Waals surface area contributed by atoms with Crippen molar-refractivity contribution in [3.05, 3.63) is 0 Å². The van der Waals surface area contributed by atoms with E-state index in [1.54, 1.807) is 6.92 Å². The predicted octanol–water partition coefficient (Wildman–Crippen LogP) is 1.37. The zero-order chi connectivity index (χ0) is 12.9. The summed E-state index contributed by atoms with van der Waals surface area (Å²) >= 11 is 4.96. The minimum atomic E-state index is -0.730. The number of nitrogens with one attached hydrogen (secondary N) is 1. The number of rotatable bonds is 6. The van der Waals surface area contributed by atoms with Crippen LogP contribution in [-0.2, 0) is 9.53 Å². The van der Waals surface area contributed by atoms with Crippen molar-refractivity contribution in [1.82, 2.24) is 5.32 Å². The zero-order valence-corrected chi connectivity index (χ0v) is 11.4.